The monoisotopic (exact) mass is 400 g/mol. The molecule has 1 fully saturated rings. The van der Waals surface area contributed by atoms with Crippen LogP contribution >= 0.6 is 11.3 Å². The quantitative estimate of drug-likeness (QED) is 0.848. The third kappa shape index (κ3) is 3.49. The summed E-state index contributed by atoms with van der Waals surface area (Å²) < 4.78 is 6.22. The number of hydrogen-bond donors (Lipinski definition) is 1. The minimum Gasteiger partial charge on any atom is -0.486 e. The topological polar surface area (TPSA) is 101 Å². The molecule has 2 aliphatic rings. The van der Waals surface area contributed by atoms with Gasteiger partial charge in [-0.1, -0.05) is 23.5 Å². The number of nitrogens with one attached hydrogen (secondary N) is 1. The molecule has 8 nitrogen and oxygen atoms in total. The fourth-order valence-electron chi connectivity index (χ4n) is 3.76. The molecule has 0 unspecified atom stereocenters. The summed E-state index contributed by atoms with van der Waals surface area (Å²) in [6, 6.07) is 6.54. The molecule has 2 aliphatic heterocycles. The first kappa shape index (κ1) is 18.5. The van der Waals surface area contributed by atoms with Crippen LogP contribution in [0.3, 0.4) is 0 Å². The molecule has 1 N–H and O–H groups in total. The van der Waals surface area contributed by atoms with E-state index in [0.29, 0.717) is 35.8 Å². The van der Waals surface area contributed by atoms with Crippen molar-refractivity contribution in [2.45, 2.75) is 44.2 Å². The van der Waals surface area contributed by atoms with E-state index < -0.39 is 11.6 Å². The highest BCUT2D eigenvalue weighted by atomic mass is 32.1. The molecule has 2 aromatic rings. The molecule has 9 heteroatoms. The maximum atomic E-state index is 12.7. The Labute approximate surface area is 165 Å². The number of aromatic nitrogens is 2. The van der Waals surface area contributed by atoms with Crippen molar-refractivity contribution >= 4 is 34.1 Å². The SMILES string of the molecule is C[C@@H](C(=O)Nc1nncs1)N1CC[C@@]2(CCC1=O)CC(=O)c1ccccc1O2. The van der Waals surface area contributed by atoms with Gasteiger partial charge in [0.25, 0.3) is 0 Å². The van der Waals surface area contributed by atoms with Crippen molar-refractivity contribution in [1.82, 2.24) is 15.1 Å². The molecule has 0 aliphatic carbocycles. The Hall–Kier alpha value is -2.81. The summed E-state index contributed by atoms with van der Waals surface area (Å²) in [5.41, 5.74) is 1.41. The maximum Gasteiger partial charge on any atom is 0.248 e. The third-order valence-corrected chi connectivity index (χ3v) is 5.96. The van der Waals surface area contributed by atoms with Gasteiger partial charge in [0.2, 0.25) is 16.9 Å². The Morgan fingerprint density at radius 3 is 2.93 bits per heavy atom. The molecule has 146 valence electrons. The number of anilines is 1. The molecule has 1 aromatic carbocycles. The Kier molecular flexibility index (Phi) is 4.84. The normalized spacial score (nSPS) is 23.0. The smallest absolute Gasteiger partial charge is 0.248 e. The zero-order valence-corrected chi connectivity index (χ0v) is 16.2. The fraction of sp³-hybridized carbons (Fsp3) is 0.421. The summed E-state index contributed by atoms with van der Waals surface area (Å²) in [6.45, 7) is 2.04. The van der Waals surface area contributed by atoms with E-state index in [4.69, 9.17) is 4.74 Å². The van der Waals surface area contributed by atoms with Gasteiger partial charge >= 0.3 is 0 Å². The number of nitrogens with zero attached hydrogens (tertiary/aromatic N) is 3. The Bertz CT molecular complexity index is 916. The largest absolute Gasteiger partial charge is 0.486 e. The molecule has 0 saturated carbocycles. The predicted octanol–water partition coefficient (Wildman–Crippen LogP) is 2.28. The Morgan fingerprint density at radius 2 is 2.14 bits per heavy atom. The van der Waals surface area contributed by atoms with Crippen molar-refractivity contribution in [2.75, 3.05) is 11.9 Å². The van der Waals surface area contributed by atoms with Crippen molar-refractivity contribution in [3.05, 3.63) is 35.3 Å². The van der Waals surface area contributed by atoms with Crippen LogP contribution in [0.5, 0.6) is 5.75 Å². The summed E-state index contributed by atoms with van der Waals surface area (Å²) in [7, 11) is 0. The van der Waals surface area contributed by atoms with Crippen molar-refractivity contribution < 1.29 is 19.1 Å². The highest BCUT2D eigenvalue weighted by Crippen LogP contribution is 2.39. The number of likely N-dealkylation sites (tertiary alicyclic amines) is 1. The highest BCUT2D eigenvalue weighted by Gasteiger charge is 2.44. The minimum atomic E-state index is -0.703. The molecule has 3 heterocycles. The van der Waals surface area contributed by atoms with Gasteiger partial charge in [-0.15, -0.1) is 10.2 Å². The van der Waals surface area contributed by atoms with Crippen LogP contribution < -0.4 is 10.1 Å². The van der Waals surface area contributed by atoms with Crippen LogP contribution in [0.4, 0.5) is 5.13 Å². The summed E-state index contributed by atoms with van der Waals surface area (Å²) in [5.74, 6) is 0.172. The van der Waals surface area contributed by atoms with E-state index in [9.17, 15) is 14.4 Å². The second kappa shape index (κ2) is 7.31. The lowest BCUT2D eigenvalue weighted by atomic mass is 9.84. The van der Waals surface area contributed by atoms with E-state index in [1.54, 1.807) is 24.0 Å². The van der Waals surface area contributed by atoms with Gasteiger partial charge in [-0.2, -0.15) is 0 Å². The van der Waals surface area contributed by atoms with E-state index in [1.165, 1.54) is 16.8 Å². The number of fused-ring (bicyclic) bond motifs is 1. The second-order valence-electron chi connectivity index (χ2n) is 7.13. The van der Waals surface area contributed by atoms with E-state index in [-0.39, 0.29) is 30.4 Å². The first-order valence-electron chi connectivity index (χ1n) is 9.15. The zero-order chi connectivity index (χ0) is 19.7. The molecule has 2 atom stereocenters. The molecule has 4 rings (SSSR count). The van der Waals surface area contributed by atoms with Gasteiger partial charge in [0.1, 0.15) is 22.9 Å². The lowest BCUT2D eigenvalue weighted by molar-refractivity contribution is -0.137. The van der Waals surface area contributed by atoms with Crippen LogP contribution in [0, 0.1) is 0 Å². The lowest BCUT2D eigenvalue weighted by Crippen LogP contribution is -2.46. The van der Waals surface area contributed by atoms with Crippen LogP contribution in [0.2, 0.25) is 0 Å². The van der Waals surface area contributed by atoms with Gasteiger partial charge in [-0.25, -0.2) is 0 Å². The number of para-hydroxylation sites is 1. The lowest BCUT2D eigenvalue weighted by Gasteiger charge is -2.37. The Morgan fingerprint density at radius 1 is 1.32 bits per heavy atom. The molecule has 1 spiro atoms. The van der Waals surface area contributed by atoms with E-state index >= 15 is 0 Å². The van der Waals surface area contributed by atoms with Gasteiger partial charge in [0.15, 0.2) is 5.78 Å². The van der Waals surface area contributed by atoms with Gasteiger partial charge in [0.05, 0.1) is 12.0 Å². The fourth-order valence-corrected chi connectivity index (χ4v) is 4.21. The van der Waals surface area contributed by atoms with Crippen LogP contribution in [0.1, 0.15) is 43.0 Å². The predicted molar refractivity (Wildman–Crippen MR) is 102 cm³/mol. The van der Waals surface area contributed by atoms with Crippen LogP contribution in [-0.4, -0.2) is 50.9 Å². The number of hydrogen-bond acceptors (Lipinski definition) is 7. The van der Waals surface area contributed by atoms with Crippen LogP contribution in [0.15, 0.2) is 29.8 Å². The van der Waals surface area contributed by atoms with E-state index in [2.05, 4.69) is 15.5 Å². The van der Waals surface area contributed by atoms with Crippen molar-refractivity contribution in [3.8, 4) is 5.75 Å². The second-order valence-corrected chi connectivity index (χ2v) is 7.96. The summed E-state index contributed by atoms with van der Waals surface area (Å²) in [6.07, 6.45) is 1.42. The molecule has 2 amide bonds. The van der Waals surface area contributed by atoms with Crippen LogP contribution in [0.25, 0.3) is 0 Å². The van der Waals surface area contributed by atoms with E-state index in [0.717, 1.165) is 0 Å². The number of Topliss-reactive ketones (excluding diaryl/α,β-unsaturated/α-hetero) is 1. The Balaban J connectivity index is 1.49. The van der Waals surface area contributed by atoms with Crippen molar-refractivity contribution in [1.29, 1.82) is 0 Å². The molecule has 0 radical (unpaired) electrons. The summed E-state index contributed by atoms with van der Waals surface area (Å²) in [4.78, 5) is 39.3. The third-order valence-electron chi connectivity index (χ3n) is 5.36. The average Bonchev–Trinajstić information content (AvgIpc) is 3.14. The maximum absolute atomic E-state index is 12.7. The molecule has 1 saturated heterocycles. The average molecular weight is 400 g/mol. The minimum absolute atomic E-state index is 0.0322. The molecule has 0 bridgehead atoms. The number of carbonyl (C=O) groups is 3. The van der Waals surface area contributed by atoms with Crippen molar-refractivity contribution in [3.63, 3.8) is 0 Å². The first-order valence-corrected chi connectivity index (χ1v) is 10.0. The van der Waals surface area contributed by atoms with Gasteiger partial charge < -0.3 is 9.64 Å². The number of amides is 2. The van der Waals surface area contributed by atoms with Crippen LogP contribution in [-0.2, 0) is 9.59 Å². The summed E-state index contributed by atoms with van der Waals surface area (Å²) in [5, 5.41) is 10.6. The van der Waals surface area contributed by atoms with Gasteiger partial charge in [-0.05, 0) is 25.5 Å². The molecule has 1 aromatic heterocycles. The standard InChI is InChI=1S/C19H20N4O4S/c1-12(17(26)21-18-22-20-11-28-18)23-9-8-19(7-6-16(23)25)10-14(24)13-4-2-3-5-15(13)27-19/h2-5,11-12H,6-10H2,1H3,(H,21,22,26)/t12-,19-/m0/s1. The highest BCUT2D eigenvalue weighted by molar-refractivity contribution is 7.13. The number of ether oxygens (including phenoxy) is 1. The number of rotatable bonds is 3. The zero-order valence-electron chi connectivity index (χ0n) is 15.4. The molecule has 28 heavy (non-hydrogen) atoms. The van der Waals surface area contributed by atoms with Crippen molar-refractivity contribution in [2.24, 2.45) is 0 Å². The van der Waals surface area contributed by atoms with Gasteiger partial charge in [0, 0.05) is 19.4 Å². The number of benzene rings is 1. The number of ketones is 1. The molecular weight excluding hydrogens is 380 g/mol. The first-order chi connectivity index (χ1) is 13.5. The van der Waals surface area contributed by atoms with E-state index in [1.807, 2.05) is 12.1 Å². The molecular formula is C19H20N4O4S. The summed E-state index contributed by atoms with van der Waals surface area (Å²) >= 11 is 1.22. The number of carbonyl (C=O) groups excluding carboxylic acids is 3. The van der Waals surface area contributed by atoms with Gasteiger partial charge in [-0.3, -0.25) is 19.7 Å².